The average Bonchev–Trinajstić information content (AvgIpc) is 2.26. The smallest absolute Gasteiger partial charge is 0.303 e. The quantitative estimate of drug-likeness (QED) is 0.764. The number of carbonyl (C=O) groups is 2. The molecule has 92 valence electrons. The van der Waals surface area contributed by atoms with E-state index >= 15 is 0 Å². The fourth-order valence-electron chi connectivity index (χ4n) is 1.53. The van der Waals surface area contributed by atoms with E-state index in [2.05, 4.69) is 0 Å². The monoisotopic (exact) mass is 235 g/mol. The molecule has 4 nitrogen and oxygen atoms in total. The fraction of sp³-hybridized carbons (Fsp3) is 0.385. The van der Waals surface area contributed by atoms with Crippen molar-refractivity contribution in [2.45, 2.75) is 19.4 Å². The Morgan fingerprint density at radius 1 is 1.12 bits per heavy atom. The minimum atomic E-state index is -0.942. The van der Waals surface area contributed by atoms with E-state index in [9.17, 15) is 9.59 Å². The van der Waals surface area contributed by atoms with Crippen LogP contribution in [-0.2, 0) is 11.3 Å². The first-order valence-electron chi connectivity index (χ1n) is 5.47. The van der Waals surface area contributed by atoms with Gasteiger partial charge in [-0.2, -0.15) is 0 Å². The minimum Gasteiger partial charge on any atom is -0.481 e. The molecule has 0 unspecified atom stereocenters. The van der Waals surface area contributed by atoms with Gasteiger partial charge < -0.3 is 10.0 Å². The topological polar surface area (TPSA) is 57.6 Å². The Hall–Kier alpha value is -1.68. The fourth-order valence-corrected chi connectivity index (χ4v) is 1.53. The molecule has 1 N–H and O–H groups in total. The van der Waals surface area contributed by atoms with Crippen LogP contribution in [0.4, 0.5) is 0 Å². The Kier molecular flexibility index (Phi) is 4.84. The molecule has 0 heterocycles. The largest absolute Gasteiger partial charge is 0.481 e. The number of Topliss-reactive ketones (excluding diaryl/α,β-unsaturated/α-hetero) is 1. The normalized spacial score (nSPS) is 10.5. The summed E-state index contributed by atoms with van der Waals surface area (Å²) in [6.45, 7) is 0.823. The molecule has 0 bridgehead atoms. The van der Waals surface area contributed by atoms with Gasteiger partial charge >= 0.3 is 5.97 Å². The van der Waals surface area contributed by atoms with Crippen LogP contribution in [0.15, 0.2) is 24.3 Å². The Labute approximate surface area is 101 Å². The lowest BCUT2D eigenvalue weighted by Gasteiger charge is -2.09. The molecule has 0 aliphatic carbocycles. The maximum absolute atomic E-state index is 11.6. The second-order valence-electron chi connectivity index (χ2n) is 4.25. The van der Waals surface area contributed by atoms with Crippen LogP contribution in [0.5, 0.6) is 0 Å². The summed E-state index contributed by atoms with van der Waals surface area (Å²) in [5, 5.41) is 8.49. The van der Waals surface area contributed by atoms with E-state index in [0.717, 1.165) is 12.1 Å². The van der Waals surface area contributed by atoms with Crippen molar-refractivity contribution in [3.8, 4) is 0 Å². The minimum absolute atomic E-state index is 0.0579. The Bertz CT molecular complexity index is 396. The molecule has 0 aliphatic heterocycles. The van der Waals surface area contributed by atoms with Crippen molar-refractivity contribution in [3.63, 3.8) is 0 Å². The Morgan fingerprint density at radius 2 is 1.71 bits per heavy atom. The van der Waals surface area contributed by atoms with Crippen molar-refractivity contribution in [1.82, 2.24) is 4.90 Å². The first kappa shape index (κ1) is 13.4. The van der Waals surface area contributed by atoms with Crippen LogP contribution in [-0.4, -0.2) is 35.9 Å². The van der Waals surface area contributed by atoms with E-state index in [4.69, 9.17) is 5.11 Å². The number of hydrogen-bond donors (Lipinski definition) is 1. The van der Waals surface area contributed by atoms with Gasteiger partial charge in [0.05, 0.1) is 6.42 Å². The molecule has 1 rings (SSSR count). The van der Waals surface area contributed by atoms with Crippen molar-refractivity contribution >= 4 is 11.8 Å². The van der Waals surface area contributed by atoms with Crippen molar-refractivity contribution < 1.29 is 14.7 Å². The van der Waals surface area contributed by atoms with Crippen LogP contribution in [0.1, 0.15) is 28.8 Å². The van der Waals surface area contributed by atoms with Gasteiger partial charge in [-0.3, -0.25) is 9.59 Å². The molecule has 4 heteroatoms. The number of carbonyl (C=O) groups excluding carboxylic acids is 1. The number of carboxylic acid groups (broad SMARTS) is 1. The standard InChI is InChI=1S/C13H17NO3/c1-14(2)9-10-3-5-11(6-4-10)12(15)7-8-13(16)17/h3-6H,7-9H2,1-2H3,(H,16,17). The molecule has 0 atom stereocenters. The van der Waals surface area contributed by atoms with Gasteiger partial charge in [0.1, 0.15) is 0 Å². The highest BCUT2D eigenvalue weighted by molar-refractivity contribution is 5.97. The third-order valence-corrected chi connectivity index (χ3v) is 2.34. The van der Waals surface area contributed by atoms with Gasteiger partial charge in [-0.25, -0.2) is 0 Å². The van der Waals surface area contributed by atoms with Gasteiger partial charge in [-0.15, -0.1) is 0 Å². The van der Waals surface area contributed by atoms with E-state index in [0.29, 0.717) is 5.56 Å². The van der Waals surface area contributed by atoms with Gasteiger partial charge in [0.15, 0.2) is 5.78 Å². The van der Waals surface area contributed by atoms with Crippen LogP contribution in [0.2, 0.25) is 0 Å². The molecule has 0 amide bonds. The SMILES string of the molecule is CN(C)Cc1ccc(C(=O)CCC(=O)O)cc1. The number of aliphatic carboxylic acids is 1. The summed E-state index contributed by atoms with van der Waals surface area (Å²) in [7, 11) is 3.96. The number of rotatable bonds is 6. The van der Waals surface area contributed by atoms with E-state index < -0.39 is 5.97 Å². The summed E-state index contributed by atoms with van der Waals surface area (Å²) in [6.07, 6.45) is -0.0549. The molecule has 1 aromatic carbocycles. The summed E-state index contributed by atoms with van der Waals surface area (Å²) in [5.41, 5.74) is 1.71. The molecule has 0 saturated heterocycles. The summed E-state index contributed by atoms with van der Waals surface area (Å²) < 4.78 is 0. The van der Waals surface area contributed by atoms with Crippen LogP contribution in [0.25, 0.3) is 0 Å². The number of carboxylic acids is 1. The van der Waals surface area contributed by atoms with Crippen LogP contribution < -0.4 is 0 Å². The van der Waals surface area contributed by atoms with Crippen molar-refractivity contribution in [1.29, 1.82) is 0 Å². The van der Waals surface area contributed by atoms with Crippen molar-refractivity contribution in [3.05, 3.63) is 35.4 Å². The predicted octanol–water partition coefficient (Wildman–Crippen LogP) is 1.80. The van der Waals surface area contributed by atoms with Crippen molar-refractivity contribution in [2.75, 3.05) is 14.1 Å². The van der Waals surface area contributed by atoms with E-state index in [1.807, 2.05) is 31.1 Å². The maximum Gasteiger partial charge on any atom is 0.303 e. The van der Waals surface area contributed by atoms with Gasteiger partial charge in [0, 0.05) is 18.5 Å². The second kappa shape index (κ2) is 6.15. The molecule has 0 fully saturated rings. The number of nitrogens with zero attached hydrogens (tertiary/aromatic N) is 1. The molecular weight excluding hydrogens is 218 g/mol. The first-order chi connectivity index (χ1) is 7.99. The lowest BCUT2D eigenvalue weighted by Crippen LogP contribution is -2.10. The zero-order chi connectivity index (χ0) is 12.8. The summed E-state index contributed by atoms with van der Waals surface area (Å²) in [4.78, 5) is 24.0. The molecular formula is C13H17NO3. The zero-order valence-corrected chi connectivity index (χ0v) is 10.1. The third kappa shape index (κ3) is 4.78. The lowest BCUT2D eigenvalue weighted by atomic mass is 10.0. The zero-order valence-electron chi connectivity index (χ0n) is 10.1. The van der Waals surface area contributed by atoms with Gasteiger partial charge in [0.2, 0.25) is 0 Å². The highest BCUT2D eigenvalue weighted by Gasteiger charge is 2.08. The lowest BCUT2D eigenvalue weighted by molar-refractivity contribution is -0.136. The Morgan fingerprint density at radius 3 is 2.18 bits per heavy atom. The summed E-state index contributed by atoms with van der Waals surface area (Å²) in [6, 6.07) is 7.30. The third-order valence-electron chi connectivity index (χ3n) is 2.34. The maximum atomic E-state index is 11.6. The number of hydrogen-bond acceptors (Lipinski definition) is 3. The molecule has 0 aliphatic rings. The van der Waals surface area contributed by atoms with Gasteiger partial charge in [0.25, 0.3) is 0 Å². The molecule has 0 saturated carbocycles. The average molecular weight is 235 g/mol. The second-order valence-corrected chi connectivity index (χ2v) is 4.25. The summed E-state index contributed by atoms with van der Waals surface area (Å²) >= 11 is 0. The molecule has 0 aromatic heterocycles. The van der Waals surface area contributed by atoms with Gasteiger partial charge in [-0.05, 0) is 19.7 Å². The van der Waals surface area contributed by atoms with E-state index in [-0.39, 0.29) is 18.6 Å². The van der Waals surface area contributed by atoms with Crippen molar-refractivity contribution in [2.24, 2.45) is 0 Å². The summed E-state index contributed by atoms with van der Waals surface area (Å²) in [5.74, 6) is -1.06. The molecule has 0 radical (unpaired) electrons. The highest BCUT2D eigenvalue weighted by atomic mass is 16.4. The van der Waals surface area contributed by atoms with Gasteiger partial charge in [-0.1, -0.05) is 24.3 Å². The molecule has 0 spiro atoms. The van der Waals surface area contributed by atoms with E-state index in [1.54, 1.807) is 12.1 Å². The predicted molar refractivity (Wildman–Crippen MR) is 65.0 cm³/mol. The molecule has 17 heavy (non-hydrogen) atoms. The Balaban J connectivity index is 2.60. The van der Waals surface area contributed by atoms with E-state index in [1.165, 1.54) is 0 Å². The van der Waals surface area contributed by atoms with Crippen LogP contribution in [0, 0.1) is 0 Å². The first-order valence-corrected chi connectivity index (χ1v) is 5.47. The van der Waals surface area contributed by atoms with Crippen LogP contribution >= 0.6 is 0 Å². The number of ketones is 1. The van der Waals surface area contributed by atoms with Crippen LogP contribution in [0.3, 0.4) is 0 Å². The highest BCUT2D eigenvalue weighted by Crippen LogP contribution is 2.09. The molecule has 1 aromatic rings. The number of benzene rings is 1.